The third kappa shape index (κ3) is 3.73. The zero-order chi connectivity index (χ0) is 18.8. The summed E-state index contributed by atoms with van der Waals surface area (Å²) in [7, 11) is 0. The van der Waals surface area contributed by atoms with Gasteiger partial charge >= 0.3 is 0 Å². The zero-order valence-electron chi connectivity index (χ0n) is 15.0. The minimum atomic E-state index is -0.130. The molecule has 3 aromatic rings. The number of nitrogens with one attached hydrogen (secondary N) is 2. The van der Waals surface area contributed by atoms with Crippen LogP contribution in [0.1, 0.15) is 32.2 Å². The summed E-state index contributed by atoms with van der Waals surface area (Å²) in [6.45, 7) is 7.65. The number of fused-ring (bicyclic) bond motifs is 1. The van der Waals surface area contributed by atoms with Crippen LogP contribution in [0.15, 0.2) is 18.2 Å². The van der Waals surface area contributed by atoms with E-state index >= 15 is 0 Å². The Morgan fingerprint density at radius 1 is 1.35 bits per heavy atom. The van der Waals surface area contributed by atoms with E-state index in [9.17, 15) is 4.79 Å². The number of rotatable bonds is 4. The number of anilines is 1. The van der Waals surface area contributed by atoms with Crippen molar-refractivity contribution in [2.45, 2.75) is 34.1 Å². The van der Waals surface area contributed by atoms with Crippen LogP contribution in [0, 0.1) is 12.8 Å². The summed E-state index contributed by atoms with van der Waals surface area (Å²) in [5.74, 6) is 0.595. The minimum absolute atomic E-state index is 0.114. The number of amides is 1. The molecule has 9 heteroatoms. The molecule has 0 fully saturated rings. The largest absolute Gasteiger partial charge is 0.332 e. The zero-order valence-corrected chi connectivity index (χ0v) is 16.7. The predicted octanol–water partition coefficient (Wildman–Crippen LogP) is 3.19. The molecule has 0 spiro atoms. The standard InChI is InChI=1S/C17H20N6OS2/c1-5-13-20-21-17-23(13)22-15(26-17)11-7-6-10(4)12(8-11)18-16(25)19-14(24)9(2)3/h6-9H,5H2,1-4H3,(H2,18,19,24,25). The van der Waals surface area contributed by atoms with Crippen molar-refractivity contribution in [3.05, 3.63) is 29.6 Å². The highest BCUT2D eigenvalue weighted by Gasteiger charge is 2.14. The number of aromatic nitrogens is 4. The van der Waals surface area contributed by atoms with Crippen molar-refractivity contribution in [1.82, 2.24) is 25.1 Å². The first kappa shape index (κ1) is 18.4. The normalized spacial score (nSPS) is 11.1. The average molecular weight is 389 g/mol. The molecule has 0 atom stereocenters. The van der Waals surface area contributed by atoms with E-state index in [2.05, 4.69) is 25.9 Å². The van der Waals surface area contributed by atoms with Crippen LogP contribution in [-0.4, -0.2) is 30.8 Å². The highest BCUT2D eigenvalue weighted by atomic mass is 32.1. The third-order valence-corrected chi connectivity index (χ3v) is 5.02. The quantitative estimate of drug-likeness (QED) is 0.668. The maximum Gasteiger partial charge on any atom is 0.234 e. The van der Waals surface area contributed by atoms with Gasteiger partial charge in [-0.15, -0.1) is 10.2 Å². The second-order valence-corrected chi connectivity index (χ2v) is 7.56. The van der Waals surface area contributed by atoms with Crippen LogP contribution in [0.5, 0.6) is 0 Å². The Balaban J connectivity index is 1.85. The number of hydrogen-bond donors (Lipinski definition) is 2. The predicted molar refractivity (Wildman–Crippen MR) is 107 cm³/mol. The van der Waals surface area contributed by atoms with E-state index in [4.69, 9.17) is 12.2 Å². The van der Waals surface area contributed by atoms with Crippen molar-refractivity contribution in [3.8, 4) is 10.6 Å². The van der Waals surface area contributed by atoms with Gasteiger partial charge in [-0.3, -0.25) is 4.79 Å². The molecule has 2 N–H and O–H groups in total. The van der Waals surface area contributed by atoms with Crippen molar-refractivity contribution >= 4 is 45.2 Å². The lowest BCUT2D eigenvalue weighted by Crippen LogP contribution is -2.36. The fraction of sp³-hybridized carbons (Fsp3) is 0.353. The first-order valence-corrected chi connectivity index (χ1v) is 9.55. The molecule has 0 aliphatic heterocycles. The fourth-order valence-electron chi connectivity index (χ4n) is 2.29. The van der Waals surface area contributed by atoms with E-state index in [0.717, 1.165) is 39.0 Å². The Labute approximate surface area is 160 Å². The fourth-order valence-corrected chi connectivity index (χ4v) is 3.36. The van der Waals surface area contributed by atoms with E-state index in [-0.39, 0.29) is 16.9 Å². The summed E-state index contributed by atoms with van der Waals surface area (Å²) in [4.78, 5) is 12.6. The third-order valence-electron chi connectivity index (χ3n) is 3.87. The first-order valence-electron chi connectivity index (χ1n) is 8.33. The summed E-state index contributed by atoms with van der Waals surface area (Å²) in [6, 6.07) is 5.97. The number of thiocarbonyl (C=S) groups is 1. The molecule has 0 aliphatic carbocycles. The van der Waals surface area contributed by atoms with Gasteiger partial charge in [0.1, 0.15) is 5.01 Å². The minimum Gasteiger partial charge on any atom is -0.332 e. The molecule has 1 amide bonds. The number of aryl methyl sites for hydroxylation is 2. The Morgan fingerprint density at radius 2 is 2.12 bits per heavy atom. The molecule has 1 aromatic carbocycles. The second kappa shape index (κ2) is 7.46. The van der Waals surface area contributed by atoms with E-state index in [1.54, 1.807) is 4.52 Å². The molecule has 7 nitrogen and oxygen atoms in total. The number of nitrogens with zero attached hydrogens (tertiary/aromatic N) is 4. The Hall–Kier alpha value is -2.39. The molecular formula is C17H20N6OS2. The van der Waals surface area contributed by atoms with Crippen LogP contribution in [0.4, 0.5) is 5.69 Å². The molecule has 0 unspecified atom stereocenters. The smallest absolute Gasteiger partial charge is 0.234 e. The molecule has 0 bridgehead atoms. The van der Waals surface area contributed by atoms with Crippen LogP contribution in [0.2, 0.25) is 0 Å². The number of carbonyl (C=O) groups excluding carboxylic acids is 1. The highest BCUT2D eigenvalue weighted by molar-refractivity contribution is 7.80. The van der Waals surface area contributed by atoms with Gasteiger partial charge in [0.25, 0.3) is 0 Å². The molecule has 2 heterocycles. The molecule has 3 rings (SSSR count). The summed E-state index contributed by atoms with van der Waals surface area (Å²) in [5.41, 5.74) is 2.80. The SMILES string of the molecule is CCc1nnc2sc(-c3ccc(C)c(NC(=S)NC(=O)C(C)C)c3)nn12. The van der Waals surface area contributed by atoms with Crippen molar-refractivity contribution in [2.24, 2.45) is 5.92 Å². The maximum absolute atomic E-state index is 11.8. The molecule has 26 heavy (non-hydrogen) atoms. The van der Waals surface area contributed by atoms with Crippen molar-refractivity contribution in [3.63, 3.8) is 0 Å². The van der Waals surface area contributed by atoms with Gasteiger partial charge in [-0.05, 0) is 30.8 Å². The topological polar surface area (TPSA) is 84.2 Å². The molecule has 0 aliphatic rings. The monoisotopic (exact) mass is 388 g/mol. The summed E-state index contributed by atoms with van der Waals surface area (Å²) < 4.78 is 1.78. The molecule has 0 radical (unpaired) electrons. The maximum atomic E-state index is 11.8. The molecule has 0 saturated heterocycles. The van der Waals surface area contributed by atoms with Gasteiger partial charge < -0.3 is 10.6 Å². The average Bonchev–Trinajstić information content (AvgIpc) is 3.16. The van der Waals surface area contributed by atoms with Crippen LogP contribution < -0.4 is 10.6 Å². The number of benzene rings is 1. The highest BCUT2D eigenvalue weighted by Crippen LogP contribution is 2.29. The Kier molecular flexibility index (Phi) is 5.28. The van der Waals surface area contributed by atoms with Gasteiger partial charge in [-0.25, -0.2) is 0 Å². The van der Waals surface area contributed by atoms with Crippen LogP contribution in [0.25, 0.3) is 15.5 Å². The van der Waals surface area contributed by atoms with E-state index in [1.165, 1.54) is 11.3 Å². The Bertz CT molecular complexity index is 975. The van der Waals surface area contributed by atoms with Crippen molar-refractivity contribution in [1.29, 1.82) is 0 Å². The van der Waals surface area contributed by atoms with Gasteiger partial charge in [-0.1, -0.05) is 44.2 Å². The lowest BCUT2D eigenvalue weighted by Gasteiger charge is -2.13. The van der Waals surface area contributed by atoms with Gasteiger partial charge in [0.2, 0.25) is 10.9 Å². The molecular weight excluding hydrogens is 368 g/mol. The van der Waals surface area contributed by atoms with Crippen LogP contribution in [0.3, 0.4) is 0 Å². The van der Waals surface area contributed by atoms with Gasteiger partial charge in [0.05, 0.1) is 0 Å². The lowest BCUT2D eigenvalue weighted by molar-refractivity contribution is -0.122. The van der Waals surface area contributed by atoms with Crippen molar-refractivity contribution < 1.29 is 4.79 Å². The van der Waals surface area contributed by atoms with E-state index < -0.39 is 0 Å². The Morgan fingerprint density at radius 3 is 2.81 bits per heavy atom. The van der Waals surface area contributed by atoms with Gasteiger partial charge in [0, 0.05) is 23.6 Å². The van der Waals surface area contributed by atoms with Crippen LogP contribution in [-0.2, 0) is 11.2 Å². The number of hydrogen-bond acceptors (Lipinski definition) is 6. The molecule has 136 valence electrons. The summed E-state index contributed by atoms with van der Waals surface area (Å²) >= 11 is 6.73. The van der Waals surface area contributed by atoms with E-state index in [0.29, 0.717) is 0 Å². The van der Waals surface area contributed by atoms with Gasteiger partial charge in [0.15, 0.2) is 10.9 Å². The molecule has 2 aromatic heterocycles. The van der Waals surface area contributed by atoms with Crippen LogP contribution >= 0.6 is 23.6 Å². The first-order chi connectivity index (χ1) is 12.4. The lowest BCUT2D eigenvalue weighted by atomic mass is 10.1. The van der Waals surface area contributed by atoms with E-state index in [1.807, 2.05) is 45.9 Å². The summed E-state index contributed by atoms with van der Waals surface area (Å²) in [5, 5.41) is 19.8. The van der Waals surface area contributed by atoms with Crippen molar-refractivity contribution in [2.75, 3.05) is 5.32 Å². The summed E-state index contributed by atoms with van der Waals surface area (Å²) in [6.07, 6.45) is 0.773. The molecule has 0 saturated carbocycles. The number of carbonyl (C=O) groups is 1. The second-order valence-electron chi connectivity index (χ2n) is 6.20. The van der Waals surface area contributed by atoms with Gasteiger partial charge in [-0.2, -0.15) is 9.61 Å².